The zero-order valence-electron chi connectivity index (χ0n) is 10.9. The van der Waals surface area contributed by atoms with Gasteiger partial charge in [-0.05, 0) is 40.4 Å². The van der Waals surface area contributed by atoms with Gasteiger partial charge in [0, 0.05) is 18.4 Å². The highest BCUT2D eigenvalue weighted by Gasteiger charge is 2.37. The van der Waals surface area contributed by atoms with Gasteiger partial charge in [0.1, 0.15) is 11.6 Å². The van der Waals surface area contributed by atoms with Crippen LogP contribution in [0.3, 0.4) is 0 Å². The van der Waals surface area contributed by atoms with Gasteiger partial charge in [-0.3, -0.25) is 4.79 Å². The van der Waals surface area contributed by atoms with Gasteiger partial charge in [0.05, 0.1) is 4.47 Å². The molecule has 2 N–H and O–H groups in total. The number of nitrogens with two attached hydrogens (primary N) is 1. The van der Waals surface area contributed by atoms with Crippen molar-refractivity contribution in [2.45, 2.75) is 38.5 Å². The lowest BCUT2D eigenvalue weighted by molar-refractivity contribution is -0.129. The first kappa shape index (κ1) is 14.7. The van der Waals surface area contributed by atoms with Crippen LogP contribution in [0.2, 0.25) is 0 Å². The molecule has 4 heteroatoms. The molecule has 1 aliphatic carbocycles. The molecule has 0 heterocycles. The molecule has 0 aliphatic heterocycles. The van der Waals surface area contributed by atoms with Crippen molar-refractivity contribution in [3.63, 3.8) is 0 Å². The fourth-order valence-corrected chi connectivity index (χ4v) is 3.28. The van der Waals surface area contributed by atoms with E-state index in [1.165, 1.54) is 12.5 Å². The topological polar surface area (TPSA) is 43.1 Å². The molecule has 104 valence electrons. The van der Waals surface area contributed by atoms with Crippen molar-refractivity contribution in [2.24, 2.45) is 11.1 Å². The largest absolute Gasteiger partial charge is 0.329 e. The number of Topliss-reactive ketones (excluding diaryl/α,β-unsaturated/α-hetero) is 1. The van der Waals surface area contributed by atoms with E-state index in [9.17, 15) is 9.18 Å². The predicted molar refractivity (Wildman–Crippen MR) is 77.4 cm³/mol. The molecule has 0 radical (unpaired) electrons. The first-order valence-corrected chi connectivity index (χ1v) is 7.55. The summed E-state index contributed by atoms with van der Waals surface area (Å²) >= 11 is 3.21. The quantitative estimate of drug-likeness (QED) is 0.917. The second-order valence-electron chi connectivity index (χ2n) is 5.36. The SMILES string of the molecule is NCC1(C(=O)Cc2cccc(F)c2Br)CCCCC1. The monoisotopic (exact) mass is 327 g/mol. The highest BCUT2D eigenvalue weighted by Crippen LogP contribution is 2.37. The van der Waals surface area contributed by atoms with Gasteiger partial charge in [0.2, 0.25) is 0 Å². The molecule has 0 atom stereocenters. The van der Waals surface area contributed by atoms with Crippen molar-refractivity contribution in [2.75, 3.05) is 6.54 Å². The summed E-state index contributed by atoms with van der Waals surface area (Å²) in [7, 11) is 0. The highest BCUT2D eigenvalue weighted by atomic mass is 79.9. The maximum absolute atomic E-state index is 13.5. The molecule has 0 unspecified atom stereocenters. The molecule has 0 aromatic heterocycles. The van der Waals surface area contributed by atoms with Crippen LogP contribution in [0.4, 0.5) is 4.39 Å². The molecule has 1 aliphatic rings. The van der Waals surface area contributed by atoms with E-state index < -0.39 is 0 Å². The number of carbonyl (C=O) groups excluding carboxylic acids is 1. The van der Waals surface area contributed by atoms with Gasteiger partial charge in [-0.1, -0.05) is 31.4 Å². The number of carbonyl (C=O) groups is 1. The van der Waals surface area contributed by atoms with E-state index in [1.54, 1.807) is 12.1 Å². The smallest absolute Gasteiger partial charge is 0.144 e. The average molecular weight is 328 g/mol. The third kappa shape index (κ3) is 3.06. The maximum Gasteiger partial charge on any atom is 0.144 e. The van der Waals surface area contributed by atoms with Crippen molar-refractivity contribution in [3.05, 3.63) is 34.1 Å². The van der Waals surface area contributed by atoms with Crippen molar-refractivity contribution in [1.82, 2.24) is 0 Å². The zero-order chi connectivity index (χ0) is 13.9. The first-order chi connectivity index (χ1) is 9.09. The fourth-order valence-electron chi connectivity index (χ4n) is 2.87. The van der Waals surface area contributed by atoms with Crippen LogP contribution in [-0.2, 0) is 11.2 Å². The second kappa shape index (κ2) is 6.14. The Morgan fingerprint density at radius 3 is 2.63 bits per heavy atom. The Morgan fingerprint density at radius 2 is 2.00 bits per heavy atom. The molecular weight excluding hydrogens is 309 g/mol. The van der Waals surface area contributed by atoms with Gasteiger partial charge >= 0.3 is 0 Å². The van der Waals surface area contributed by atoms with Crippen molar-refractivity contribution < 1.29 is 9.18 Å². The van der Waals surface area contributed by atoms with E-state index in [-0.39, 0.29) is 23.4 Å². The molecule has 2 nitrogen and oxygen atoms in total. The number of hydrogen-bond donors (Lipinski definition) is 1. The van der Waals surface area contributed by atoms with Crippen LogP contribution in [0.5, 0.6) is 0 Å². The molecule has 0 saturated heterocycles. The van der Waals surface area contributed by atoms with Gasteiger partial charge in [-0.25, -0.2) is 4.39 Å². The molecule has 1 saturated carbocycles. The molecular formula is C15H19BrFNO. The summed E-state index contributed by atoms with van der Waals surface area (Å²) in [5.74, 6) is -0.170. The lowest BCUT2D eigenvalue weighted by Crippen LogP contribution is -2.41. The van der Waals surface area contributed by atoms with E-state index >= 15 is 0 Å². The summed E-state index contributed by atoms with van der Waals surface area (Å²) in [6.07, 6.45) is 5.30. The summed E-state index contributed by atoms with van der Waals surface area (Å²) in [6, 6.07) is 4.81. The Kier molecular flexibility index (Phi) is 4.74. The first-order valence-electron chi connectivity index (χ1n) is 6.75. The van der Waals surface area contributed by atoms with Crippen molar-refractivity contribution in [3.8, 4) is 0 Å². The summed E-state index contributed by atoms with van der Waals surface area (Å²) in [6.45, 7) is 0.402. The average Bonchev–Trinajstić information content (AvgIpc) is 2.44. The normalized spacial score (nSPS) is 18.3. The molecule has 2 rings (SSSR count). The number of benzene rings is 1. The van der Waals surface area contributed by atoms with E-state index in [2.05, 4.69) is 15.9 Å². The highest BCUT2D eigenvalue weighted by molar-refractivity contribution is 9.10. The van der Waals surface area contributed by atoms with E-state index in [0.717, 1.165) is 25.7 Å². The van der Waals surface area contributed by atoms with Crippen LogP contribution in [-0.4, -0.2) is 12.3 Å². The van der Waals surface area contributed by atoms with Crippen LogP contribution in [0.1, 0.15) is 37.7 Å². The zero-order valence-corrected chi connectivity index (χ0v) is 12.5. The third-order valence-electron chi connectivity index (χ3n) is 4.18. The molecule has 0 spiro atoms. The number of halogens is 2. The van der Waals surface area contributed by atoms with Crippen LogP contribution < -0.4 is 5.73 Å². The Labute approximate surface area is 121 Å². The molecule has 0 amide bonds. The Balaban J connectivity index is 2.17. The molecule has 1 aromatic rings. The van der Waals surface area contributed by atoms with Crippen LogP contribution in [0, 0.1) is 11.2 Å². The van der Waals surface area contributed by atoms with Crippen LogP contribution >= 0.6 is 15.9 Å². The van der Waals surface area contributed by atoms with E-state index in [4.69, 9.17) is 5.73 Å². The van der Waals surface area contributed by atoms with E-state index in [1.807, 2.05) is 0 Å². The minimum absolute atomic E-state index is 0.154. The predicted octanol–water partition coefficient (Wildman–Crippen LogP) is 3.61. The van der Waals surface area contributed by atoms with Gasteiger partial charge in [-0.2, -0.15) is 0 Å². The number of rotatable bonds is 4. The van der Waals surface area contributed by atoms with Crippen molar-refractivity contribution >= 4 is 21.7 Å². The summed E-state index contributed by atoms with van der Waals surface area (Å²) < 4.78 is 13.9. The standard InChI is InChI=1S/C15H19BrFNO/c16-14-11(5-4-6-12(14)17)9-13(19)15(10-18)7-2-1-3-8-15/h4-6H,1-3,7-10,18H2. The third-order valence-corrected chi connectivity index (χ3v) is 5.06. The summed E-state index contributed by atoms with van der Waals surface area (Å²) in [5, 5.41) is 0. The van der Waals surface area contributed by atoms with Crippen LogP contribution in [0.15, 0.2) is 22.7 Å². The van der Waals surface area contributed by atoms with Gasteiger partial charge in [0.15, 0.2) is 0 Å². The number of ketones is 1. The maximum atomic E-state index is 13.5. The molecule has 0 bridgehead atoms. The minimum atomic E-state index is -0.385. The number of hydrogen-bond acceptors (Lipinski definition) is 2. The molecule has 19 heavy (non-hydrogen) atoms. The fraction of sp³-hybridized carbons (Fsp3) is 0.533. The van der Waals surface area contributed by atoms with E-state index in [0.29, 0.717) is 16.6 Å². The lowest BCUT2D eigenvalue weighted by atomic mass is 9.70. The summed E-state index contributed by atoms with van der Waals surface area (Å²) in [5.41, 5.74) is 6.18. The summed E-state index contributed by atoms with van der Waals surface area (Å²) in [4.78, 5) is 12.6. The Hall–Kier alpha value is -0.740. The Bertz CT molecular complexity index is 469. The van der Waals surface area contributed by atoms with Gasteiger partial charge in [0.25, 0.3) is 0 Å². The van der Waals surface area contributed by atoms with Gasteiger partial charge < -0.3 is 5.73 Å². The molecule has 1 fully saturated rings. The molecule has 1 aromatic carbocycles. The Morgan fingerprint density at radius 1 is 1.32 bits per heavy atom. The second-order valence-corrected chi connectivity index (χ2v) is 6.15. The minimum Gasteiger partial charge on any atom is -0.329 e. The van der Waals surface area contributed by atoms with Crippen molar-refractivity contribution in [1.29, 1.82) is 0 Å². The van der Waals surface area contributed by atoms with Crippen LogP contribution in [0.25, 0.3) is 0 Å². The van der Waals surface area contributed by atoms with Gasteiger partial charge in [-0.15, -0.1) is 0 Å². The lowest BCUT2D eigenvalue weighted by Gasteiger charge is -2.34.